The third-order valence-corrected chi connectivity index (χ3v) is 6.10. The van der Waals surface area contributed by atoms with E-state index in [1.54, 1.807) is 24.3 Å². The second-order valence-electron chi connectivity index (χ2n) is 6.42. The predicted molar refractivity (Wildman–Crippen MR) is 113 cm³/mol. The summed E-state index contributed by atoms with van der Waals surface area (Å²) in [5.74, 6) is -1.25. The third-order valence-electron chi connectivity index (χ3n) is 4.36. The van der Waals surface area contributed by atoms with E-state index in [4.69, 9.17) is 5.26 Å². The van der Waals surface area contributed by atoms with Gasteiger partial charge in [-0.15, -0.1) is 0 Å². The largest absolute Gasteiger partial charge is 0.506 e. The fraction of sp³-hybridized carbons (Fsp3) is 0.286. The molecule has 0 unspecified atom stereocenters. The molecule has 0 heterocycles. The van der Waals surface area contributed by atoms with Crippen LogP contribution in [0.25, 0.3) is 0 Å². The minimum atomic E-state index is -3.50. The number of hydrogen-bond donors (Lipinski definition) is 2. The van der Waals surface area contributed by atoms with Gasteiger partial charge in [-0.2, -0.15) is 5.26 Å². The summed E-state index contributed by atoms with van der Waals surface area (Å²) < 4.78 is 24.0. The number of benzene rings is 2. The van der Waals surface area contributed by atoms with E-state index in [-0.39, 0.29) is 53.8 Å². The highest BCUT2D eigenvalue weighted by Crippen LogP contribution is 2.27. The Morgan fingerprint density at radius 2 is 1.83 bits per heavy atom. The van der Waals surface area contributed by atoms with Crippen molar-refractivity contribution in [1.29, 1.82) is 5.26 Å². The van der Waals surface area contributed by atoms with E-state index in [0.29, 0.717) is 5.69 Å². The lowest BCUT2D eigenvalue weighted by molar-refractivity contribution is -0.122. The van der Waals surface area contributed by atoms with Crippen LogP contribution in [0, 0.1) is 11.3 Å². The average molecular weight is 429 g/mol. The van der Waals surface area contributed by atoms with Gasteiger partial charge in [0.1, 0.15) is 5.75 Å². The molecular formula is C21H23N3O5S. The van der Waals surface area contributed by atoms with Crippen molar-refractivity contribution in [2.24, 2.45) is 0 Å². The standard InChI is InChI=1S/C21H23N3O5S/c1-2-30(28,29)17-9-10-19(25)18(15-17)23-20(26)11-12-21(27)24(14-6-13-22)16-7-4-3-5-8-16/h3-5,7-10,15,25H,2,6,11-12,14H2,1H3,(H,23,26). The fourth-order valence-corrected chi connectivity index (χ4v) is 3.62. The van der Waals surface area contributed by atoms with Crippen LogP contribution < -0.4 is 10.2 Å². The summed E-state index contributed by atoms with van der Waals surface area (Å²) in [7, 11) is -3.50. The first-order chi connectivity index (χ1) is 14.3. The first-order valence-corrected chi connectivity index (χ1v) is 11.0. The molecule has 2 aromatic carbocycles. The first kappa shape index (κ1) is 22.9. The SMILES string of the molecule is CCS(=O)(=O)c1ccc(O)c(NC(=O)CCC(=O)N(CCC#N)c2ccccc2)c1. The number of nitriles is 1. The van der Waals surface area contributed by atoms with Crippen molar-refractivity contribution in [2.75, 3.05) is 22.5 Å². The van der Waals surface area contributed by atoms with Gasteiger partial charge in [0.05, 0.1) is 28.8 Å². The lowest BCUT2D eigenvalue weighted by atomic mass is 10.2. The Bertz CT molecular complexity index is 1050. The number of phenols is 1. The monoisotopic (exact) mass is 429 g/mol. The number of nitrogens with zero attached hydrogens (tertiary/aromatic N) is 2. The summed E-state index contributed by atoms with van der Waals surface area (Å²) in [6, 6.07) is 14.5. The van der Waals surface area contributed by atoms with Gasteiger partial charge in [0.2, 0.25) is 11.8 Å². The van der Waals surface area contributed by atoms with Crippen molar-refractivity contribution in [3.8, 4) is 11.8 Å². The number of para-hydroxylation sites is 1. The van der Waals surface area contributed by atoms with Crippen molar-refractivity contribution in [2.45, 2.75) is 31.1 Å². The third kappa shape index (κ3) is 6.06. The second kappa shape index (κ2) is 10.4. The number of rotatable bonds is 9. The number of phenolic OH excluding ortho intramolecular Hbond substituents is 1. The number of carbonyl (C=O) groups excluding carboxylic acids is 2. The normalized spacial score (nSPS) is 10.8. The lowest BCUT2D eigenvalue weighted by Gasteiger charge is -2.21. The minimum absolute atomic E-state index is 0.0130. The molecule has 2 rings (SSSR count). The number of anilines is 2. The molecule has 30 heavy (non-hydrogen) atoms. The molecule has 0 atom stereocenters. The summed E-state index contributed by atoms with van der Waals surface area (Å²) in [6.07, 6.45) is -0.127. The minimum Gasteiger partial charge on any atom is -0.506 e. The molecule has 2 amide bonds. The topological polar surface area (TPSA) is 128 Å². The Hall–Kier alpha value is -3.38. The molecule has 8 nitrogen and oxygen atoms in total. The molecule has 0 fully saturated rings. The van der Waals surface area contributed by atoms with Crippen molar-refractivity contribution in [3.63, 3.8) is 0 Å². The molecule has 158 valence electrons. The molecule has 0 bridgehead atoms. The molecule has 0 aromatic heterocycles. The van der Waals surface area contributed by atoms with Crippen LogP contribution in [0.2, 0.25) is 0 Å². The van der Waals surface area contributed by atoms with E-state index in [1.807, 2.05) is 12.1 Å². The average Bonchev–Trinajstić information content (AvgIpc) is 2.74. The van der Waals surface area contributed by atoms with Gasteiger partial charge in [-0.1, -0.05) is 25.1 Å². The van der Waals surface area contributed by atoms with E-state index in [2.05, 4.69) is 5.32 Å². The van der Waals surface area contributed by atoms with E-state index in [9.17, 15) is 23.1 Å². The number of hydrogen-bond acceptors (Lipinski definition) is 6. The quantitative estimate of drug-likeness (QED) is 0.590. The van der Waals surface area contributed by atoms with Gasteiger partial charge in [0, 0.05) is 25.1 Å². The maximum atomic E-state index is 12.6. The highest BCUT2D eigenvalue weighted by atomic mass is 32.2. The molecule has 0 aliphatic rings. The zero-order valence-electron chi connectivity index (χ0n) is 16.5. The molecule has 0 spiro atoms. The van der Waals surface area contributed by atoms with Gasteiger partial charge in [0.25, 0.3) is 0 Å². The lowest BCUT2D eigenvalue weighted by Crippen LogP contribution is -2.32. The van der Waals surface area contributed by atoms with Crippen LogP contribution in [-0.2, 0) is 19.4 Å². The highest BCUT2D eigenvalue weighted by molar-refractivity contribution is 7.91. The Kier molecular flexibility index (Phi) is 7.95. The molecule has 9 heteroatoms. The summed E-state index contributed by atoms with van der Waals surface area (Å²) in [6.45, 7) is 1.70. The smallest absolute Gasteiger partial charge is 0.227 e. The Balaban J connectivity index is 2.05. The van der Waals surface area contributed by atoms with Gasteiger partial charge in [-0.3, -0.25) is 9.59 Å². The molecule has 0 saturated carbocycles. The van der Waals surface area contributed by atoms with E-state index < -0.39 is 15.7 Å². The number of sulfone groups is 1. The molecule has 0 aliphatic heterocycles. The van der Waals surface area contributed by atoms with Crippen molar-refractivity contribution in [1.82, 2.24) is 0 Å². The summed E-state index contributed by atoms with van der Waals surface area (Å²) >= 11 is 0. The van der Waals surface area contributed by atoms with Crippen LogP contribution in [0.15, 0.2) is 53.4 Å². The number of aromatic hydroxyl groups is 1. The molecule has 0 radical (unpaired) electrons. The van der Waals surface area contributed by atoms with Crippen LogP contribution in [0.1, 0.15) is 26.2 Å². The molecule has 0 aliphatic carbocycles. The van der Waals surface area contributed by atoms with Crippen molar-refractivity contribution in [3.05, 3.63) is 48.5 Å². The van der Waals surface area contributed by atoms with Crippen LogP contribution in [0.4, 0.5) is 11.4 Å². The molecule has 0 saturated heterocycles. The van der Waals surface area contributed by atoms with E-state index >= 15 is 0 Å². The molecular weight excluding hydrogens is 406 g/mol. The van der Waals surface area contributed by atoms with E-state index in [1.165, 1.54) is 30.0 Å². The summed E-state index contributed by atoms with van der Waals surface area (Å²) in [5.41, 5.74) is 0.597. The predicted octanol–water partition coefficient (Wildman–Crippen LogP) is 2.85. The van der Waals surface area contributed by atoms with Crippen LogP contribution >= 0.6 is 0 Å². The van der Waals surface area contributed by atoms with Gasteiger partial charge < -0.3 is 15.3 Å². The Morgan fingerprint density at radius 1 is 1.13 bits per heavy atom. The fourth-order valence-electron chi connectivity index (χ4n) is 2.71. The van der Waals surface area contributed by atoms with Crippen molar-refractivity contribution >= 4 is 33.0 Å². The molecule has 2 N–H and O–H groups in total. The second-order valence-corrected chi connectivity index (χ2v) is 8.70. The van der Waals surface area contributed by atoms with E-state index in [0.717, 1.165) is 0 Å². The number of carbonyl (C=O) groups is 2. The zero-order chi connectivity index (χ0) is 22.1. The zero-order valence-corrected chi connectivity index (χ0v) is 17.4. The van der Waals surface area contributed by atoms with Gasteiger partial charge >= 0.3 is 0 Å². The van der Waals surface area contributed by atoms with Crippen LogP contribution in [0.5, 0.6) is 5.75 Å². The Labute approximate surface area is 175 Å². The van der Waals surface area contributed by atoms with Gasteiger partial charge in [-0.05, 0) is 30.3 Å². The van der Waals surface area contributed by atoms with Crippen LogP contribution in [-0.4, -0.2) is 37.6 Å². The Morgan fingerprint density at radius 3 is 2.47 bits per heavy atom. The number of nitrogens with one attached hydrogen (secondary N) is 1. The number of amides is 2. The van der Waals surface area contributed by atoms with Crippen LogP contribution in [0.3, 0.4) is 0 Å². The molecule has 2 aromatic rings. The highest BCUT2D eigenvalue weighted by Gasteiger charge is 2.18. The summed E-state index contributed by atoms with van der Waals surface area (Å²) in [4.78, 5) is 26.3. The van der Waals surface area contributed by atoms with Crippen molar-refractivity contribution < 1.29 is 23.1 Å². The maximum absolute atomic E-state index is 12.6. The summed E-state index contributed by atoms with van der Waals surface area (Å²) in [5, 5.41) is 21.2. The first-order valence-electron chi connectivity index (χ1n) is 9.36. The van der Waals surface area contributed by atoms with Gasteiger partial charge in [-0.25, -0.2) is 8.42 Å². The maximum Gasteiger partial charge on any atom is 0.227 e. The van der Waals surface area contributed by atoms with Gasteiger partial charge in [0.15, 0.2) is 9.84 Å².